The highest BCUT2D eigenvalue weighted by atomic mass is 35.5. The van der Waals surface area contributed by atoms with Crippen LogP contribution in [0, 0.1) is 0 Å². The van der Waals surface area contributed by atoms with E-state index in [-0.39, 0.29) is 5.91 Å². The summed E-state index contributed by atoms with van der Waals surface area (Å²) in [4.78, 5) is 16.6. The van der Waals surface area contributed by atoms with Crippen molar-refractivity contribution in [3.63, 3.8) is 0 Å². The van der Waals surface area contributed by atoms with E-state index in [1.54, 1.807) is 31.6 Å². The van der Waals surface area contributed by atoms with Gasteiger partial charge in [0.2, 0.25) is 5.89 Å². The predicted molar refractivity (Wildman–Crippen MR) is 101 cm³/mol. The fourth-order valence-corrected chi connectivity index (χ4v) is 2.91. The van der Waals surface area contributed by atoms with Gasteiger partial charge >= 0.3 is 0 Å². The predicted octanol–water partition coefficient (Wildman–Crippen LogP) is 4.63. The number of carbonyl (C=O) groups excluding carboxylic acids is 1. The summed E-state index contributed by atoms with van der Waals surface area (Å²) in [6.45, 7) is 0.414. The Labute approximate surface area is 160 Å². The van der Waals surface area contributed by atoms with Gasteiger partial charge in [0.25, 0.3) is 5.91 Å². The van der Waals surface area contributed by atoms with Crippen molar-refractivity contribution in [3.8, 4) is 17.2 Å². The number of methoxy groups -OCH3 is 1. The van der Waals surface area contributed by atoms with Crippen LogP contribution in [-0.2, 0) is 6.42 Å². The number of oxazole rings is 1. The average molecular weight is 391 g/mol. The third-order valence-electron chi connectivity index (χ3n) is 3.68. The highest BCUT2D eigenvalue weighted by molar-refractivity contribution is 6.35. The zero-order valence-electron chi connectivity index (χ0n) is 14.0. The summed E-state index contributed by atoms with van der Waals surface area (Å²) < 4.78 is 10.6. The number of nitrogens with zero attached hydrogens (tertiary/aromatic N) is 1. The van der Waals surface area contributed by atoms with Gasteiger partial charge in [-0.15, -0.1) is 0 Å². The van der Waals surface area contributed by atoms with Gasteiger partial charge in [0.15, 0.2) is 0 Å². The fraction of sp³-hybridized carbons (Fsp3) is 0.158. The molecule has 134 valence electrons. The third-order valence-corrected chi connectivity index (χ3v) is 4.12. The average Bonchev–Trinajstić information content (AvgIpc) is 3.10. The van der Waals surface area contributed by atoms with E-state index in [9.17, 15) is 4.79 Å². The molecule has 0 aliphatic rings. The summed E-state index contributed by atoms with van der Waals surface area (Å²) in [6.07, 6.45) is 2.13. The van der Waals surface area contributed by atoms with Crippen molar-refractivity contribution < 1.29 is 13.9 Å². The van der Waals surface area contributed by atoms with Gasteiger partial charge in [-0.05, 0) is 42.5 Å². The van der Waals surface area contributed by atoms with E-state index >= 15 is 0 Å². The van der Waals surface area contributed by atoms with Gasteiger partial charge < -0.3 is 14.5 Å². The lowest BCUT2D eigenvalue weighted by Gasteiger charge is -2.05. The Morgan fingerprint density at radius 2 is 1.85 bits per heavy atom. The zero-order valence-corrected chi connectivity index (χ0v) is 15.5. The second-order valence-corrected chi connectivity index (χ2v) is 6.41. The van der Waals surface area contributed by atoms with Gasteiger partial charge in [0.1, 0.15) is 12.0 Å². The van der Waals surface area contributed by atoms with Crippen molar-refractivity contribution in [2.24, 2.45) is 0 Å². The van der Waals surface area contributed by atoms with E-state index in [4.69, 9.17) is 32.4 Å². The standard InChI is InChI=1S/C19H16Cl2N2O3/c1-25-17-4-2-12(3-5-17)19-23-16(11-26-19)6-7-22-18(24)13-8-14(20)10-15(21)9-13/h2-5,8-11H,6-7H2,1H3,(H,22,24). The topological polar surface area (TPSA) is 64.4 Å². The van der Waals surface area contributed by atoms with E-state index in [1.807, 2.05) is 24.3 Å². The van der Waals surface area contributed by atoms with Crippen molar-refractivity contribution >= 4 is 29.1 Å². The maximum absolute atomic E-state index is 12.1. The lowest BCUT2D eigenvalue weighted by Crippen LogP contribution is -2.25. The molecule has 0 bridgehead atoms. The summed E-state index contributed by atoms with van der Waals surface area (Å²) >= 11 is 11.8. The highest BCUT2D eigenvalue weighted by Gasteiger charge is 2.10. The number of aromatic nitrogens is 1. The molecule has 0 radical (unpaired) electrons. The first-order chi connectivity index (χ1) is 12.5. The Morgan fingerprint density at radius 1 is 1.15 bits per heavy atom. The fourth-order valence-electron chi connectivity index (χ4n) is 2.38. The van der Waals surface area contributed by atoms with E-state index in [0.717, 1.165) is 17.0 Å². The Bertz CT molecular complexity index is 887. The SMILES string of the molecule is COc1ccc(-c2nc(CCNC(=O)c3cc(Cl)cc(Cl)c3)co2)cc1. The van der Waals surface area contributed by atoms with Gasteiger partial charge in [0.05, 0.1) is 12.8 Å². The first-order valence-electron chi connectivity index (χ1n) is 7.88. The molecule has 1 aromatic heterocycles. The molecule has 26 heavy (non-hydrogen) atoms. The lowest BCUT2D eigenvalue weighted by molar-refractivity contribution is 0.0954. The molecule has 7 heteroatoms. The van der Waals surface area contributed by atoms with Gasteiger partial charge in [-0.2, -0.15) is 0 Å². The van der Waals surface area contributed by atoms with Crippen molar-refractivity contribution in [2.45, 2.75) is 6.42 Å². The number of hydrogen-bond acceptors (Lipinski definition) is 4. The van der Waals surface area contributed by atoms with Gasteiger partial charge in [-0.1, -0.05) is 23.2 Å². The number of halogens is 2. The molecule has 0 aliphatic carbocycles. The molecule has 1 heterocycles. The first kappa shape index (κ1) is 18.3. The molecule has 1 amide bonds. The van der Waals surface area contributed by atoms with Crippen LogP contribution in [0.1, 0.15) is 16.1 Å². The molecule has 0 fully saturated rings. The summed E-state index contributed by atoms with van der Waals surface area (Å²) in [5.74, 6) is 1.05. The van der Waals surface area contributed by atoms with Crippen LogP contribution in [0.2, 0.25) is 10.0 Å². The molecule has 0 atom stereocenters. The molecule has 0 saturated carbocycles. The van der Waals surface area contributed by atoms with Crippen molar-refractivity contribution in [1.82, 2.24) is 10.3 Å². The van der Waals surface area contributed by atoms with Crippen molar-refractivity contribution in [3.05, 3.63) is 70.0 Å². The number of benzene rings is 2. The number of hydrogen-bond donors (Lipinski definition) is 1. The monoisotopic (exact) mass is 390 g/mol. The van der Waals surface area contributed by atoms with Gasteiger partial charge in [-0.25, -0.2) is 4.98 Å². The number of carbonyl (C=O) groups is 1. The van der Waals surface area contributed by atoms with Crippen LogP contribution in [-0.4, -0.2) is 24.5 Å². The van der Waals surface area contributed by atoms with E-state index in [1.165, 1.54) is 0 Å². The number of rotatable bonds is 6. The maximum atomic E-state index is 12.1. The van der Waals surface area contributed by atoms with E-state index < -0.39 is 0 Å². The van der Waals surface area contributed by atoms with Crippen molar-refractivity contribution in [2.75, 3.05) is 13.7 Å². The van der Waals surface area contributed by atoms with Crippen LogP contribution < -0.4 is 10.1 Å². The maximum Gasteiger partial charge on any atom is 0.251 e. The van der Waals surface area contributed by atoms with Crippen LogP contribution in [0.5, 0.6) is 5.75 Å². The molecule has 0 saturated heterocycles. The highest BCUT2D eigenvalue weighted by Crippen LogP contribution is 2.22. The Kier molecular flexibility index (Phi) is 5.81. The summed E-state index contributed by atoms with van der Waals surface area (Å²) in [7, 11) is 1.61. The molecule has 3 aromatic rings. The van der Waals surface area contributed by atoms with E-state index in [0.29, 0.717) is 34.5 Å². The Balaban J connectivity index is 1.57. The summed E-state index contributed by atoms with van der Waals surface area (Å²) in [5, 5.41) is 3.65. The third kappa shape index (κ3) is 4.56. The molecule has 1 N–H and O–H groups in total. The molecular formula is C19H16Cl2N2O3. The minimum Gasteiger partial charge on any atom is -0.497 e. The molecule has 0 unspecified atom stereocenters. The van der Waals surface area contributed by atoms with Crippen LogP contribution in [0.25, 0.3) is 11.5 Å². The van der Waals surface area contributed by atoms with Crippen LogP contribution >= 0.6 is 23.2 Å². The van der Waals surface area contributed by atoms with Gasteiger partial charge in [-0.3, -0.25) is 4.79 Å². The molecular weight excluding hydrogens is 375 g/mol. The zero-order chi connectivity index (χ0) is 18.5. The lowest BCUT2D eigenvalue weighted by atomic mass is 10.2. The second kappa shape index (κ2) is 8.25. The minimum atomic E-state index is -0.242. The summed E-state index contributed by atoms with van der Waals surface area (Å²) in [5.41, 5.74) is 2.02. The minimum absolute atomic E-state index is 0.242. The number of amides is 1. The Morgan fingerprint density at radius 3 is 2.50 bits per heavy atom. The van der Waals surface area contributed by atoms with E-state index in [2.05, 4.69) is 10.3 Å². The first-order valence-corrected chi connectivity index (χ1v) is 8.64. The Hall–Kier alpha value is -2.50. The number of ether oxygens (including phenoxy) is 1. The van der Waals surface area contributed by atoms with Crippen molar-refractivity contribution in [1.29, 1.82) is 0 Å². The smallest absolute Gasteiger partial charge is 0.251 e. The second-order valence-electron chi connectivity index (χ2n) is 5.54. The normalized spacial score (nSPS) is 10.6. The summed E-state index contributed by atoms with van der Waals surface area (Å²) in [6, 6.07) is 12.2. The van der Waals surface area contributed by atoms with Crippen LogP contribution in [0.4, 0.5) is 0 Å². The molecule has 5 nitrogen and oxygen atoms in total. The number of nitrogens with one attached hydrogen (secondary N) is 1. The largest absolute Gasteiger partial charge is 0.497 e. The van der Waals surface area contributed by atoms with Gasteiger partial charge in [0, 0.05) is 34.1 Å². The molecule has 0 spiro atoms. The molecule has 2 aromatic carbocycles. The quantitative estimate of drug-likeness (QED) is 0.666. The molecule has 0 aliphatic heterocycles. The van der Waals surface area contributed by atoms with Crippen LogP contribution in [0.15, 0.2) is 53.1 Å². The van der Waals surface area contributed by atoms with Crippen LogP contribution in [0.3, 0.4) is 0 Å². The molecule has 3 rings (SSSR count).